The lowest BCUT2D eigenvalue weighted by Crippen LogP contribution is -2.09. The maximum atomic E-state index is 12.8. The largest absolute Gasteiger partial charge is 0.322 e. The highest BCUT2D eigenvalue weighted by Crippen LogP contribution is 2.30. The van der Waals surface area contributed by atoms with Crippen LogP contribution in [0, 0.1) is 12.7 Å². The van der Waals surface area contributed by atoms with Crippen molar-refractivity contribution in [2.24, 2.45) is 5.73 Å². The molecule has 0 aromatic carbocycles. The van der Waals surface area contributed by atoms with Crippen molar-refractivity contribution in [3.8, 4) is 11.4 Å². The smallest absolute Gasteiger partial charge is 0.141 e. The summed E-state index contributed by atoms with van der Waals surface area (Å²) >= 11 is 1.59. The first kappa shape index (κ1) is 13.1. The van der Waals surface area contributed by atoms with E-state index in [-0.39, 0.29) is 11.9 Å². The van der Waals surface area contributed by atoms with Crippen molar-refractivity contribution in [3.63, 3.8) is 0 Å². The molecule has 0 saturated carbocycles. The van der Waals surface area contributed by atoms with Crippen molar-refractivity contribution in [3.05, 3.63) is 34.0 Å². The first-order valence-corrected chi connectivity index (χ1v) is 6.78. The molecule has 0 bridgehead atoms. The van der Waals surface area contributed by atoms with Gasteiger partial charge in [0.15, 0.2) is 0 Å². The van der Waals surface area contributed by atoms with Crippen LogP contribution in [0.1, 0.15) is 35.7 Å². The monoisotopic (exact) mass is 265 g/mol. The molecule has 2 heterocycles. The number of halogens is 1. The second-order valence-corrected chi connectivity index (χ2v) is 5.45. The third kappa shape index (κ3) is 2.73. The SMILES string of the molecule is CCCC(N)c1nc(-c2ccc(F)cn2)c(C)s1. The molecule has 0 aliphatic rings. The van der Waals surface area contributed by atoms with Crippen LogP contribution in [0.5, 0.6) is 0 Å². The molecule has 1 unspecified atom stereocenters. The molecule has 2 rings (SSSR count). The van der Waals surface area contributed by atoms with E-state index >= 15 is 0 Å². The predicted molar refractivity (Wildman–Crippen MR) is 71.9 cm³/mol. The van der Waals surface area contributed by atoms with Crippen LogP contribution in [0.3, 0.4) is 0 Å². The van der Waals surface area contributed by atoms with Gasteiger partial charge in [0.25, 0.3) is 0 Å². The number of hydrogen-bond acceptors (Lipinski definition) is 4. The van der Waals surface area contributed by atoms with Gasteiger partial charge in [0, 0.05) is 4.88 Å². The molecule has 3 nitrogen and oxygen atoms in total. The maximum absolute atomic E-state index is 12.8. The highest BCUT2D eigenvalue weighted by Gasteiger charge is 2.15. The quantitative estimate of drug-likeness (QED) is 0.921. The lowest BCUT2D eigenvalue weighted by molar-refractivity contribution is 0.621. The Bertz CT molecular complexity index is 522. The minimum Gasteiger partial charge on any atom is -0.322 e. The Labute approximate surface area is 110 Å². The van der Waals surface area contributed by atoms with Crippen LogP contribution in [-0.4, -0.2) is 9.97 Å². The van der Waals surface area contributed by atoms with Gasteiger partial charge >= 0.3 is 0 Å². The molecule has 0 radical (unpaired) electrons. The summed E-state index contributed by atoms with van der Waals surface area (Å²) in [5.41, 5.74) is 7.56. The lowest BCUT2D eigenvalue weighted by Gasteiger charge is -2.04. The zero-order valence-electron chi connectivity index (χ0n) is 10.5. The second kappa shape index (κ2) is 5.54. The van der Waals surface area contributed by atoms with Gasteiger partial charge in [-0.3, -0.25) is 4.98 Å². The number of nitrogens with zero attached hydrogens (tertiary/aromatic N) is 2. The first-order chi connectivity index (χ1) is 8.61. The van der Waals surface area contributed by atoms with Gasteiger partial charge in [-0.05, 0) is 25.5 Å². The van der Waals surface area contributed by atoms with Gasteiger partial charge in [0.2, 0.25) is 0 Å². The molecule has 0 spiro atoms. The Morgan fingerprint density at radius 1 is 1.44 bits per heavy atom. The van der Waals surface area contributed by atoms with E-state index in [2.05, 4.69) is 16.9 Å². The van der Waals surface area contributed by atoms with E-state index in [0.717, 1.165) is 28.4 Å². The fourth-order valence-electron chi connectivity index (χ4n) is 1.76. The number of aryl methyl sites for hydroxylation is 1. The fourth-order valence-corrected chi connectivity index (χ4v) is 2.73. The van der Waals surface area contributed by atoms with Gasteiger partial charge in [-0.15, -0.1) is 11.3 Å². The maximum Gasteiger partial charge on any atom is 0.141 e. The van der Waals surface area contributed by atoms with Gasteiger partial charge < -0.3 is 5.73 Å². The predicted octanol–water partition coefficient (Wildman–Crippen LogP) is 3.45. The summed E-state index contributed by atoms with van der Waals surface area (Å²) in [4.78, 5) is 9.66. The molecule has 0 saturated heterocycles. The van der Waals surface area contributed by atoms with Gasteiger partial charge in [0.1, 0.15) is 16.5 Å². The molecule has 18 heavy (non-hydrogen) atoms. The van der Waals surface area contributed by atoms with Crippen molar-refractivity contribution >= 4 is 11.3 Å². The van der Waals surface area contributed by atoms with E-state index in [4.69, 9.17) is 5.73 Å². The average Bonchev–Trinajstić information content (AvgIpc) is 2.73. The van der Waals surface area contributed by atoms with E-state index in [1.807, 2.05) is 6.92 Å². The van der Waals surface area contributed by atoms with Gasteiger partial charge in [-0.25, -0.2) is 9.37 Å². The van der Waals surface area contributed by atoms with Crippen molar-refractivity contribution in [1.82, 2.24) is 9.97 Å². The molecule has 2 aromatic heterocycles. The third-order valence-corrected chi connectivity index (χ3v) is 3.80. The molecular formula is C13H16FN3S. The van der Waals surface area contributed by atoms with E-state index in [1.165, 1.54) is 12.3 Å². The van der Waals surface area contributed by atoms with Crippen LogP contribution in [-0.2, 0) is 0 Å². The first-order valence-electron chi connectivity index (χ1n) is 5.96. The standard InChI is InChI=1S/C13H16FN3S/c1-3-4-10(15)13-17-12(8(2)18-13)11-6-5-9(14)7-16-11/h5-7,10H,3-4,15H2,1-2H3. The van der Waals surface area contributed by atoms with Crippen molar-refractivity contribution < 1.29 is 4.39 Å². The number of nitrogens with two attached hydrogens (primary N) is 1. The topological polar surface area (TPSA) is 51.8 Å². The molecule has 2 N–H and O–H groups in total. The Kier molecular flexibility index (Phi) is 4.04. The van der Waals surface area contributed by atoms with Crippen LogP contribution in [0.15, 0.2) is 18.3 Å². The van der Waals surface area contributed by atoms with Crippen LogP contribution in [0.2, 0.25) is 0 Å². The van der Waals surface area contributed by atoms with Crippen molar-refractivity contribution in [1.29, 1.82) is 0 Å². The zero-order valence-corrected chi connectivity index (χ0v) is 11.3. The van der Waals surface area contributed by atoms with Crippen LogP contribution in [0.25, 0.3) is 11.4 Å². The summed E-state index contributed by atoms with van der Waals surface area (Å²) in [6, 6.07) is 3.02. The molecule has 1 atom stereocenters. The molecule has 2 aromatic rings. The third-order valence-electron chi connectivity index (χ3n) is 2.70. The molecular weight excluding hydrogens is 249 g/mol. The molecule has 0 amide bonds. The summed E-state index contributed by atoms with van der Waals surface area (Å²) in [7, 11) is 0. The number of thiazole rings is 1. The van der Waals surface area contributed by atoms with E-state index in [9.17, 15) is 4.39 Å². The molecule has 5 heteroatoms. The van der Waals surface area contributed by atoms with E-state index < -0.39 is 0 Å². The van der Waals surface area contributed by atoms with Gasteiger partial charge in [-0.2, -0.15) is 0 Å². The van der Waals surface area contributed by atoms with Crippen LogP contribution < -0.4 is 5.73 Å². The summed E-state index contributed by atoms with van der Waals surface area (Å²) in [5.74, 6) is -0.338. The number of rotatable bonds is 4. The summed E-state index contributed by atoms with van der Waals surface area (Å²) in [6.45, 7) is 4.09. The van der Waals surface area contributed by atoms with Gasteiger partial charge in [0.05, 0.1) is 17.9 Å². The average molecular weight is 265 g/mol. The molecule has 0 aliphatic carbocycles. The highest BCUT2D eigenvalue weighted by molar-refractivity contribution is 7.12. The van der Waals surface area contributed by atoms with E-state index in [0.29, 0.717) is 5.69 Å². The normalized spacial score (nSPS) is 12.7. The minimum absolute atomic E-state index is 0.0205. The number of aromatic nitrogens is 2. The summed E-state index contributed by atoms with van der Waals surface area (Å²) < 4.78 is 12.8. The van der Waals surface area contributed by atoms with Crippen molar-refractivity contribution in [2.75, 3.05) is 0 Å². The van der Waals surface area contributed by atoms with Crippen LogP contribution in [0.4, 0.5) is 4.39 Å². The van der Waals surface area contributed by atoms with Crippen molar-refractivity contribution in [2.45, 2.75) is 32.7 Å². The van der Waals surface area contributed by atoms with E-state index in [1.54, 1.807) is 17.4 Å². The fraction of sp³-hybridized carbons (Fsp3) is 0.385. The lowest BCUT2D eigenvalue weighted by atomic mass is 10.2. The number of hydrogen-bond donors (Lipinski definition) is 1. The minimum atomic E-state index is -0.338. The molecule has 0 fully saturated rings. The Balaban J connectivity index is 2.31. The Morgan fingerprint density at radius 2 is 2.22 bits per heavy atom. The number of pyridine rings is 1. The van der Waals surface area contributed by atoms with Crippen LogP contribution >= 0.6 is 11.3 Å². The second-order valence-electron chi connectivity index (χ2n) is 4.21. The highest BCUT2D eigenvalue weighted by atomic mass is 32.1. The molecule has 96 valence electrons. The molecule has 0 aliphatic heterocycles. The summed E-state index contributed by atoms with van der Waals surface area (Å²) in [5, 5.41) is 0.926. The zero-order chi connectivity index (χ0) is 13.1. The Morgan fingerprint density at radius 3 is 2.83 bits per heavy atom. The summed E-state index contributed by atoms with van der Waals surface area (Å²) in [6.07, 6.45) is 3.16. The Hall–Kier alpha value is -1.33. The van der Waals surface area contributed by atoms with Gasteiger partial charge in [-0.1, -0.05) is 13.3 Å².